The number of aliphatic hydroxyl groups is 1. The first-order valence-electron chi connectivity index (χ1n) is 4.74. The van der Waals surface area contributed by atoms with Crippen molar-refractivity contribution in [3.8, 4) is 0 Å². The second-order valence-electron chi connectivity index (χ2n) is 3.82. The van der Waals surface area contributed by atoms with Crippen molar-refractivity contribution in [2.75, 3.05) is 13.7 Å². The summed E-state index contributed by atoms with van der Waals surface area (Å²) in [7, 11) is 1.70. The van der Waals surface area contributed by atoms with E-state index >= 15 is 0 Å². The van der Waals surface area contributed by atoms with Crippen molar-refractivity contribution in [2.45, 2.75) is 46.1 Å². The summed E-state index contributed by atoms with van der Waals surface area (Å²) in [5.41, 5.74) is 0.0325. The van der Waals surface area contributed by atoms with Crippen molar-refractivity contribution < 1.29 is 9.84 Å². The van der Waals surface area contributed by atoms with E-state index in [2.05, 4.69) is 13.8 Å². The van der Waals surface area contributed by atoms with Crippen LogP contribution in [0.5, 0.6) is 0 Å². The molecule has 2 nitrogen and oxygen atoms in total. The molecule has 0 bridgehead atoms. The molecule has 74 valence electrons. The number of aliphatic hydroxyl groups excluding tert-OH is 1. The highest BCUT2D eigenvalue weighted by Crippen LogP contribution is 2.31. The maximum atomic E-state index is 9.57. The highest BCUT2D eigenvalue weighted by Gasteiger charge is 2.28. The Morgan fingerprint density at radius 1 is 1.42 bits per heavy atom. The van der Waals surface area contributed by atoms with Gasteiger partial charge in [0.1, 0.15) is 0 Å². The summed E-state index contributed by atoms with van der Waals surface area (Å²) in [5.74, 6) is 0. The lowest BCUT2D eigenvalue weighted by atomic mass is 9.78. The lowest BCUT2D eigenvalue weighted by Crippen LogP contribution is -2.31. The number of ether oxygens (including phenoxy) is 1. The van der Waals surface area contributed by atoms with Crippen molar-refractivity contribution in [1.29, 1.82) is 0 Å². The fourth-order valence-corrected chi connectivity index (χ4v) is 1.45. The molecule has 0 heterocycles. The molecule has 0 aliphatic rings. The van der Waals surface area contributed by atoms with Crippen LogP contribution < -0.4 is 0 Å². The molecule has 2 unspecified atom stereocenters. The van der Waals surface area contributed by atoms with Gasteiger partial charge in [0.15, 0.2) is 0 Å². The van der Waals surface area contributed by atoms with Crippen LogP contribution >= 0.6 is 0 Å². The molecule has 0 aromatic rings. The van der Waals surface area contributed by atoms with Crippen LogP contribution in [-0.2, 0) is 4.74 Å². The zero-order chi connectivity index (χ0) is 9.61. The summed E-state index contributed by atoms with van der Waals surface area (Å²) in [6, 6.07) is 0. The number of rotatable bonds is 6. The molecular weight excluding hydrogens is 152 g/mol. The van der Waals surface area contributed by atoms with Crippen LogP contribution in [0.1, 0.15) is 40.0 Å². The fraction of sp³-hybridized carbons (Fsp3) is 1.00. The van der Waals surface area contributed by atoms with Gasteiger partial charge in [0.25, 0.3) is 0 Å². The Morgan fingerprint density at radius 2 is 2.00 bits per heavy atom. The minimum atomic E-state index is -0.243. The van der Waals surface area contributed by atoms with Crippen LogP contribution in [0.4, 0.5) is 0 Å². The zero-order valence-corrected chi connectivity index (χ0v) is 8.76. The summed E-state index contributed by atoms with van der Waals surface area (Å²) in [4.78, 5) is 0. The standard InChI is InChI=1S/C10H22O2/c1-5-6-10(3,9(2)11)7-8-12-4/h9,11H,5-8H2,1-4H3. The van der Waals surface area contributed by atoms with Crippen molar-refractivity contribution in [1.82, 2.24) is 0 Å². The van der Waals surface area contributed by atoms with Crippen molar-refractivity contribution >= 4 is 0 Å². The zero-order valence-electron chi connectivity index (χ0n) is 8.76. The van der Waals surface area contributed by atoms with E-state index < -0.39 is 0 Å². The van der Waals surface area contributed by atoms with Crippen LogP contribution in [0.3, 0.4) is 0 Å². The van der Waals surface area contributed by atoms with Crippen molar-refractivity contribution in [3.63, 3.8) is 0 Å². The molecule has 2 heteroatoms. The normalized spacial score (nSPS) is 18.8. The smallest absolute Gasteiger partial charge is 0.0566 e. The van der Waals surface area contributed by atoms with Crippen LogP contribution in [0.25, 0.3) is 0 Å². The van der Waals surface area contributed by atoms with E-state index in [4.69, 9.17) is 4.74 Å². The van der Waals surface area contributed by atoms with Crippen LogP contribution in [0.2, 0.25) is 0 Å². The molecule has 0 aromatic heterocycles. The SMILES string of the molecule is CCCC(C)(CCOC)C(C)O. The Balaban J connectivity index is 3.99. The van der Waals surface area contributed by atoms with Crippen molar-refractivity contribution in [3.05, 3.63) is 0 Å². The van der Waals surface area contributed by atoms with Gasteiger partial charge >= 0.3 is 0 Å². The van der Waals surface area contributed by atoms with E-state index in [1.54, 1.807) is 7.11 Å². The van der Waals surface area contributed by atoms with E-state index in [0.717, 1.165) is 25.9 Å². The highest BCUT2D eigenvalue weighted by atomic mass is 16.5. The van der Waals surface area contributed by atoms with Gasteiger partial charge in [-0.25, -0.2) is 0 Å². The third kappa shape index (κ3) is 3.55. The third-order valence-corrected chi connectivity index (χ3v) is 2.71. The largest absolute Gasteiger partial charge is 0.393 e. The third-order valence-electron chi connectivity index (χ3n) is 2.71. The van der Waals surface area contributed by atoms with Gasteiger partial charge in [0, 0.05) is 13.7 Å². The van der Waals surface area contributed by atoms with E-state index in [-0.39, 0.29) is 11.5 Å². The Morgan fingerprint density at radius 3 is 2.33 bits per heavy atom. The summed E-state index contributed by atoms with van der Waals surface area (Å²) in [6.45, 7) is 6.88. The molecule has 0 amide bonds. The molecule has 2 atom stereocenters. The predicted octanol–water partition coefficient (Wildman–Crippen LogP) is 2.21. The maximum Gasteiger partial charge on any atom is 0.0566 e. The van der Waals surface area contributed by atoms with E-state index in [1.165, 1.54) is 0 Å². The van der Waals surface area contributed by atoms with E-state index in [1.807, 2.05) is 6.92 Å². The molecule has 0 aliphatic carbocycles. The second-order valence-corrected chi connectivity index (χ2v) is 3.82. The topological polar surface area (TPSA) is 29.5 Å². The molecule has 0 fully saturated rings. The summed E-state index contributed by atoms with van der Waals surface area (Å²) < 4.78 is 5.02. The number of hydrogen-bond donors (Lipinski definition) is 1. The molecule has 0 saturated carbocycles. The molecule has 0 aliphatic heterocycles. The molecule has 0 saturated heterocycles. The van der Waals surface area contributed by atoms with Gasteiger partial charge in [-0.1, -0.05) is 20.3 Å². The molecule has 0 spiro atoms. The van der Waals surface area contributed by atoms with Gasteiger partial charge < -0.3 is 9.84 Å². The van der Waals surface area contributed by atoms with Gasteiger partial charge in [0.2, 0.25) is 0 Å². The van der Waals surface area contributed by atoms with E-state index in [9.17, 15) is 5.11 Å². The van der Waals surface area contributed by atoms with Crippen molar-refractivity contribution in [2.24, 2.45) is 5.41 Å². The average Bonchev–Trinajstić information content (AvgIpc) is 2.01. The predicted molar refractivity (Wildman–Crippen MR) is 51.2 cm³/mol. The Hall–Kier alpha value is -0.0800. The average molecular weight is 174 g/mol. The fourth-order valence-electron chi connectivity index (χ4n) is 1.45. The van der Waals surface area contributed by atoms with Gasteiger partial charge in [0.05, 0.1) is 6.10 Å². The molecule has 0 rings (SSSR count). The highest BCUT2D eigenvalue weighted by molar-refractivity contribution is 4.78. The lowest BCUT2D eigenvalue weighted by molar-refractivity contribution is 0.0185. The van der Waals surface area contributed by atoms with E-state index in [0.29, 0.717) is 0 Å². The molecular formula is C10H22O2. The lowest BCUT2D eigenvalue weighted by Gasteiger charge is -2.32. The Kier molecular flexibility index (Phi) is 5.51. The summed E-state index contributed by atoms with van der Waals surface area (Å²) >= 11 is 0. The second kappa shape index (κ2) is 5.55. The molecule has 0 aromatic carbocycles. The summed E-state index contributed by atoms with van der Waals surface area (Å²) in [5, 5.41) is 9.57. The van der Waals surface area contributed by atoms with Gasteiger partial charge in [-0.3, -0.25) is 0 Å². The number of methoxy groups -OCH3 is 1. The minimum absolute atomic E-state index is 0.0325. The minimum Gasteiger partial charge on any atom is -0.393 e. The Bertz CT molecular complexity index is 112. The van der Waals surface area contributed by atoms with Crippen LogP contribution in [0, 0.1) is 5.41 Å². The molecule has 12 heavy (non-hydrogen) atoms. The van der Waals surface area contributed by atoms with Gasteiger partial charge in [-0.15, -0.1) is 0 Å². The maximum absolute atomic E-state index is 9.57. The monoisotopic (exact) mass is 174 g/mol. The first kappa shape index (κ1) is 11.9. The quantitative estimate of drug-likeness (QED) is 0.669. The first-order valence-corrected chi connectivity index (χ1v) is 4.74. The molecule has 1 N–H and O–H groups in total. The number of hydrogen-bond acceptors (Lipinski definition) is 2. The first-order chi connectivity index (χ1) is 5.56. The van der Waals surface area contributed by atoms with Gasteiger partial charge in [-0.05, 0) is 25.2 Å². The Labute approximate surface area is 75.9 Å². The van der Waals surface area contributed by atoms with Gasteiger partial charge in [-0.2, -0.15) is 0 Å². The van der Waals surface area contributed by atoms with Crippen LogP contribution in [-0.4, -0.2) is 24.9 Å². The molecule has 0 radical (unpaired) electrons. The van der Waals surface area contributed by atoms with Crippen LogP contribution in [0.15, 0.2) is 0 Å². The summed E-state index contributed by atoms with van der Waals surface area (Å²) in [6.07, 6.45) is 2.88.